The molecular formula is C22H23ClO4. The fraction of sp³-hybridized carbons (Fsp3) is 0.318. The van der Waals surface area contributed by atoms with Crippen LogP contribution in [0.25, 0.3) is 6.08 Å². The van der Waals surface area contributed by atoms with Crippen molar-refractivity contribution in [2.45, 2.75) is 45.0 Å². The van der Waals surface area contributed by atoms with Crippen molar-refractivity contribution in [3.63, 3.8) is 0 Å². The molecule has 0 radical (unpaired) electrons. The van der Waals surface area contributed by atoms with Gasteiger partial charge in [0.1, 0.15) is 17.5 Å². The van der Waals surface area contributed by atoms with E-state index in [-0.39, 0.29) is 6.42 Å². The van der Waals surface area contributed by atoms with Gasteiger partial charge in [-0.15, -0.1) is 0 Å². The number of carbonyl (C=O) groups is 1. The van der Waals surface area contributed by atoms with Crippen LogP contribution in [0, 0.1) is 0 Å². The average Bonchev–Trinajstić information content (AvgIpc) is 2.59. The van der Waals surface area contributed by atoms with Gasteiger partial charge < -0.3 is 14.6 Å². The second kappa shape index (κ2) is 7.75. The van der Waals surface area contributed by atoms with Gasteiger partial charge in [0.15, 0.2) is 0 Å². The van der Waals surface area contributed by atoms with Crippen LogP contribution in [0.1, 0.15) is 44.4 Å². The molecule has 0 amide bonds. The van der Waals surface area contributed by atoms with E-state index in [9.17, 15) is 9.90 Å². The largest absolute Gasteiger partial charge is 0.481 e. The Bertz CT molecular complexity index is 852. The summed E-state index contributed by atoms with van der Waals surface area (Å²) < 4.78 is 11.5. The number of esters is 1. The highest BCUT2D eigenvalue weighted by atomic mass is 35.5. The molecule has 0 saturated carbocycles. The number of halogens is 1. The van der Waals surface area contributed by atoms with Crippen molar-refractivity contribution in [3.8, 4) is 5.75 Å². The molecule has 0 spiro atoms. The van der Waals surface area contributed by atoms with Crippen molar-refractivity contribution in [3.05, 3.63) is 70.3 Å². The molecule has 2 atom stereocenters. The summed E-state index contributed by atoms with van der Waals surface area (Å²) in [5.74, 6) is 0.223. The summed E-state index contributed by atoms with van der Waals surface area (Å²) in [5, 5.41) is 11.4. The maximum Gasteiger partial charge on any atom is 0.309 e. The molecule has 27 heavy (non-hydrogen) atoms. The summed E-state index contributed by atoms with van der Waals surface area (Å²) in [6.45, 7) is 5.39. The summed E-state index contributed by atoms with van der Waals surface area (Å²) in [6.07, 6.45) is 0.179. The van der Waals surface area contributed by atoms with Gasteiger partial charge in [0, 0.05) is 16.2 Å². The van der Waals surface area contributed by atoms with Gasteiger partial charge in [-0.2, -0.15) is 0 Å². The van der Waals surface area contributed by atoms with Gasteiger partial charge in [-0.05, 0) is 50.6 Å². The number of hydrogen-bond donors (Lipinski definition) is 1. The molecule has 1 heterocycles. The summed E-state index contributed by atoms with van der Waals surface area (Å²) in [4.78, 5) is 12.2. The lowest BCUT2D eigenvalue weighted by Crippen LogP contribution is -2.29. The number of aliphatic hydroxyl groups is 1. The smallest absolute Gasteiger partial charge is 0.309 e. The fourth-order valence-corrected chi connectivity index (χ4v) is 3.19. The van der Waals surface area contributed by atoms with Crippen molar-refractivity contribution in [1.82, 2.24) is 0 Å². The molecule has 5 heteroatoms. The van der Waals surface area contributed by atoms with Crippen LogP contribution in [0.2, 0.25) is 5.02 Å². The zero-order valence-corrected chi connectivity index (χ0v) is 16.4. The van der Waals surface area contributed by atoms with E-state index >= 15 is 0 Å². The Morgan fingerprint density at radius 1 is 1.22 bits per heavy atom. The Morgan fingerprint density at radius 3 is 2.59 bits per heavy atom. The zero-order valence-electron chi connectivity index (χ0n) is 15.6. The molecular weight excluding hydrogens is 364 g/mol. The Labute approximate surface area is 164 Å². The first-order chi connectivity index (χ1) is 12.7. The fourth-order valence-electron chi connectivity index (χ4n) is 3.01. The summed E-state index contributed by atoms with van der Waals surface area (Å²) in [5.41, 5.74) is 1.66. The zero-order chi connectivity index (χ0) is 19.6. The van der Waals surface area contributed by atoms with Crippen LogP contribution in [0.3, 0.4) is 0 Å². The lowest BCUT2D eigenvalue weighted by atomic mass is 9.91. The minimum atomic E-state index is -1.03. The van der Waals surface area contributed by atoms with Gasteiger partial charge in [0.05, 0.1) is 12.5 Å². The summed E-state index contributed by atoms with van der Waals surface area (Å²) >= 11 is 6.09. The van der Waals surface area contributed by atoms with Crippen LogP contribution in [-0.4, -0.2) is 22.8 Å². The lowest BCUT2D eigenvalue weighted by molar-refractivity contribution is -0.156. The Hall–Kier alpha value is -2.30. The Morgan fingerprint density at radius 2 is 1.93 bits per heavy atom. The average molecular weight is 387 g/mol. The van der Waals surface area contributed by atoms with Crippen molar-refractivity contribution in [2.24, 2.45) is 0 Å². The van der Waals surface area contributed by atoms with Crippen LogP contribution >= 0.6 is 11.6 Å². The van der Waals surface area contributed by atoms with Crippen molar-refractivity contribution in [1.29, 1.82) is 0 Å². The number of hydrogen-bond acceptors (Lipinski definition) is 4. The second-order valence-corrected chi connectivity index (χ2v) is 7.98. The molecule has 2 aromatic rings. The van der Waals surface area contributed by atoms with E-state index < -0.39 is 23.8 Å². The number of aliphatic hydroxyl groups excluding tert-OH is 1. The third-order valence-electron chi connectivity index (χ3n) is 4.11. The van der Waals surface area contributed by atoms with Crippen LogP contribution in [0.5, 0.6) is 5.75 Å². The van der Waals surface area contributed by atoms with Crippen LogP contribution in [0.4, 0.5) is 0 Å². The third kappa shape index (κ3) is 4.90. The van der Waals surface area contributed by atoms with Gasteiger partial charge in [-0.1, -0.05) is 41.9 Å². The van der Waals surface area contributed by atoms with E-state index in [4.69, 9.17) is 21.1 Å². The molecule has 2 aromatic carbocycles. The molecule has 0 unspecified atom stereocenters. The summed E-state index contributed by atoms with van der Waals surface area (Å²) in [6, 6.07) is 14.9. The van der Waals surface area contributed by atoms with E-state index in [1.807, 2.05) is 36.4 Å². The quantitative estimate of drug-likeness (QED) is 0.755. The van der Waals surface area contributed by atoms with Gasteiger partial charge in [0.2, 0.25) is 0 Å². The molecule has 142 valence electrons. The van der Waals surface area contributed by atoms with Crippen molar-refractivity contribution >= 4 is 23.6 Å². The van der Waals surface area contributed by atoms with E-state index in [0.29, 0.717) is 16.3 Å². The highest BCUT2D eigenvalue weighted by molar-refractivity contribution is 6.30. The Balaban J connectivity index is 1.93. The second-order valence-electron chi connectivity index (χ2n) is 7.54. The summed E-state index contributed by atoms with van der Waals surface area (Å²) in [7, 11) is 0. The van der Waals surface area contributed by atoms with Gasteiger partial charge in [0.25, 0.3) is 0 Å². The number of benzene rings is 2. The molecule has 3 rings (SSSR count). The third-order valence-corrected chi connectivity index (χ3v) is 4.34. The predicted molar refractivity (Wildman–Crippen MR) is 106 cm³/mol. The number of ether oxygens (including phenoxy) is 2. The van der Waals surface area contributed by atoms with E-state index in [0.717, 1.165) is 11.1 Å². The standard InChI is InChI=1S/C22H23ClO4/c1-22(2,3)27-20(25)13-18(24)17-12-15-11-16(23)9-10-19(15)26-21(17)14-7-5-4-6-8-14/h4-12,18,21,24H,13H2,1-3H3/t18-,21+/m1/s1. The molecule has 0 aromatic heterocycles. The van der Waals surface area contributed by atoms with Gasteiger partial charge in [-0.25, -0.2) is 0 Å². The number of fused-ring (bicyclic) bond motifs is 1. The number of carbonyl (C=O) groups excluding carboxylic acids is 1. The van der Waals surface area contributed by atoms with Crippen LogP contribution in [0.15, 0.2) is 54.1 Å². The molecule has 1 aliphatic rings. The molecule has 4 nitrogen and oxygen atoms in total. The highest BCUT2D eigenvalue weighted by Crippen LogP contribution is 2.40. The molecule has 1 N–H and O–H groups in total. The normalized spacial score (nSPS) is 17.4. The predicted octanol–water partition coefficient (Wildman–Crippen LogP) is 4.95. The molecule has 0 aliphatic carbocycles. The first kappa shape index (κ1) is 19.5. The molecule has 1 aliphatic heterocycles. The van der Waals surface area contributed by atoms with Gasteiger partial charge in [-0.3, -0.25) is 4.79 Å². The van der Waals surface area contributed by atoms with Crippen LogP contribution < -0.4 is 4.74 Å². The first-order valence-electron chi connectivity index (χ1n) is 8.85. The number of rotatable bonds is 4. The monoisotopic (exact) mass is 386 g/mol. The van der Waals surface area contributed by atoms with E-state index in [2.05, 4.69) is 0 Å². The highest BCUT2D eigenvalue weighted by Gasteiger charge is 2.31. The maximum atomic E-state index is 12.2. The molecule has 0 bridgehead atoms. The molecule has 0 saturated heterocycles. The topological polar surface area (TPSA) is 55.8 Å². The first-order valence-corrected chi connectivity index (χ1v) is 9.23. The van der Waals surface area contributed by atoms with Crippen molar-refractivity contribution < 1.29 is 19.4 Å². The SMILES string of the molecule is CC(C)(C)OC(=O)C[C@@H](O)C1=Cc2cc(Cl)ccc2O[C@H]1c1ccccc1. The minimum Gasteiger partial charge on any atom is -0.481 e. The lowest BCUT2D eigenvalue weighted by Gasteiger charge is -2.30. The Kier molecular flexibility index (Phi) is 5.59. The van der Waals surface area contributed by atoms with Crippen LogP contribution in [-0.2, 0) is 9.53 Å². The van der Waals surface area contributed by atoms with E-state index in [1.165, 1.54) is 0 Å². The maximum absolute atomic E-state index is 12.2. The minimum absolute atomic E-state index is 0.147. The molecule has 0 fully saturated rings. The van der Waals surface area contributed by atoms with E-state index in [1.54, 1.807) is 39.0 Å². The van der Waals surface area contributed by atoms with Gasteiger partial charge >= 0.3 is 5.97 Å². The van der Waals surface area contributed by atoms with Crippen molar-refractivity contribution in [2.75, 3.05) is 0 Å².